The number of benzene rings is 2. The molecule has 1 saturated heterocycles. The number of likely N-dealkylation sites (tertiary alicyclic amines) is 1. The summed E-state index contributed by atoms with van der Waals surface area (Å²) in [7, 11) is 0. The van der Waals surface area contributed by atoms with Crippen LogP contribution in [0, 0.1) is 28.5 Å². The molecule has 0 bridgehead atoms. The molecule has 2 aromatic rings. The van der Waals surface area contributed by atoms with Gasteiger partial charge in [0.25, 0.3) is 0 Å². The van der Waals surface area contributed by atoms with Gasteiger partial charge in [-0.2, -0.15) is 5.26 Å². The van der Waals surface area contributed by atoms with E-state index in [9.17, 15) is 19.2 Å². The summed E-state index contributed by atoms with van der Waals surface area (Å²) in [5.74, 6) is -0.202. The van der Waals surface area contributed by atoms with E-state index in [1.165, 1.54) is 12.1 Å². The highest BCUT2D eigenvalue weighted by atomic mass is 19.1. The summed E-state index contributed by atoms with van der Waals surface area (Å²) >= 11 is 0. The van der Waals surface area contributed by atoms with Crippen LogP contribution in [0.25, 0.3) is 11.1 Å². The van der Waals surface area contributed by atoms with E-state index in [-0.39, 0.29) is 35.6 Å². The van der Waals surface area contributed by atoms with Crippen LogP contribution in [0.3, 0.4) is 0 Å². The molecule has 2 saturated carbocycles. The molecule has 5 nitrogen and oxygen atoms in total. The van der Waals surface area contributed by atoms with E-state index < -0.39 is 5.41 Å². The fraction of sp³-hybridized carbons (Fsp3) is 0.444. The summed E-state index contributed by atoms with van der Waals surface area (Å²) in [6, 6.07) is 16.3. The lowest BCUT2D eigenvalue weighted by molar-refractivity contribution is -0.139. The first-order chi connectivity index (χ1) is 16.0. The monoisotopic (exact) mass is 445 g/mol. The summed E-state index contributed by atoms with van der Waals surface area (Å²) < 4.78 is 13.7. The molecular weight excluding hydrogens is 417 g/mol. The third-order valence-electron chi connectivity index (χ3n) is 7.53. The van der Waals surface area contributed by atoms with Gasteiger partial charge < -0.3 is 10.2 Å². The van der Waals surface area contributed by atoms with Gasteiger partial charge in [-0.1, -0.05) is 42.8 Å². The lowest BCUT2D eigenvalue weighted by Gasteiger charge is -2.34. The number of hydrogen-bond acceptors (Lipinski definition) is 3. The van der Waals surface area contributed by atoms with Crippen molar-refractivity contribution in [2.24, 2.45) is 11.3 Å². The quantitative estimate of drug-likeness (QED) is 0.723. The zero-order valence-electron chi connectivity index (χ0n) is 18.6. The molecule has 1 heterocycles. The van der Waals surface area contributed by atoms with Crippen molar-refractivity contribution in [3.8, 4) is 17.2 Å². The first kappa shape index (κ1) is 21.6. The number of nitrogens with one attached hydrogen (secondary N) is 1. The Kier molecular flexibility index (Phi) is 5.65. The second-order valence-corrected chi connectivity index (χ2v) is 9.70. The van der Waals surface area contributed by atoms with E-state index in [0.29, 0.717) is 32.2 Å². The van der Waals surface area contributed by atoms with Crippen LogP contribution in [0.2, 0.25) is 0 Å². The van der Waals surface area contributed by atoms with Crippen molar-refractivity contribution in [2.45, 2.75) is 57.0 Å². The molecule has 3 aliphatic rings. The number of halogens is 1. The maximum absolute atomic E-state index is 13.7. The van der Waals surface area contributed by atoms with E-state index in [0.717, 1.165) is 36.0 Å². The van der Waals surface area contributed by atoms with Crippen LogP contribution in [-0.4, -0.2) is 35.3 Å². The van der Waals surface area contributed by atoms with E-state index >= 15 is 0 Å². The molecule has 1 aliphatic heterocycles. The molecule has 170 valence electrons. The van der Waals surface area contributed by atoms with Crippen LogP contribution in [0.15, 0.2) is 48.5 Å². The molecule has 2 aliphatic carbocycles. The highest BCUT2D eigenvalue weighted by molar-refractivity contribution is 5.88. The summed E-state index contributed by atoms with van der Waals surface area (Å²) in [4.78, 5) is 27.9. The van der Waals surface area contributed by atoms with Gasteiger partial charge in [0, 0.05) is 12.5 Å². The van der Waals surface area contributed by atoms with Gasteiger partial charge in [-0.05, 0) is 67.3 Å². The molecule has 0 aromatic heterocycles. The first-order valence-electron chi connectivity index (χ1n) is 11.9. The van der Waals surface area contributed by atoms with Crippen LogP contribution in [0.4, 0.5) is 4.39 Å². The normalized spacial score (nSPS) is 23.5. The standard InChI is InChI=1S/C27H28FN3O2/c28-22-9-3-8-21(16-22)20-7-1-4-18(14-20)15-24-23(30-26(33)27(17-29)11-12-27)10-13-31(24)25(32)19-5-2-6-19/h1,3-4,7-9,14,16,19,23-24H,2,5-6,10-13,15H2,(H,30,33)/t23-,24-/m0/s1. The number of rotatable bonds is 6. The highest BCUT2D eigenvalue weighted by Gasteiger charge is 2.52. The molecule has 2 atom stereocenters. The van der Waals surface area contributed by atoms with Crippen molar-refractivity contribution >= 4 is 11.8 Å². The van der Waals surface area contributed by atoms with E-state index in [1.54, 1.807) is 6.07 Å². The van der Waals surface area contributed by atoms with Crippen molar-refractivity contribution < 1.29 is 14.0 Å². The van der Waals surface area contributed by atoms with Crippen molar-refractivity contribution in [1.29, 1.82) is 5.26 Å². The molecule has 6 heteroatoms. The van der Waals surface area contributed by atoms with Gasteiger partial charge in [-0.3, -0.25) is 9.59 Å². The smallest absolute Gasteiger partial charge is 0.240 e. The summed E-state index contributed by atoms with van der Waals surface area (Å²) in [5, 5.41) is 12.5. The molecule has 2 amide bonds. The Balaban J connectivity index is 1.39. The minimum atomic E-state index is -0.882. The van der Waals surface area contributed by atoms with Gasteiger partial charge in [0.05, 0.1) is 18.2 Å². The van der Waals surface area contributed by atoms with Gasteiger partial charge in [0.15, 0.2) is 0 Å². The van der Waals surface area contributed by atoms with Crippen molar-refractivity contribution in [2.75, 3.05) is 6.54 Å². The zero-order valence-corrected chi connectivity index (χ0v) is 18.6. The lowest BCUT2D eigenvalue weighted by Crippen LogP contribution is -2.51. The molecule has 33 heavy (non-hydrogen) atoms. The van der Waals surface area contributed by atoms with Gasteiger partial charge in [-0.15, -0.1) is 0 Å². The molecule has 2 aromatic carbocycles. The summed E-state index contributed by atoms with van der Waals surface area (Å²) in [6.45, 7) is 0.619. The average molecular weight is 446 g/mol. The van der Waals surface area contributed by atoms with Crippen molar-refractivity contribution in [3.05, 3.63) is 59.9 Å². The Morgan fingerprint density at radius 1 is 1.09 bits per heavy atom. The number of nitriles is 1. The maximum atomic E-state index is 13.7. The first-order valence-corrected chi connectivity index (χ1v) is 11.9. The summed E-state index contributed by atoms with van der Waals surface area (Å²) in [6.07, 6.45) is 5.47. The third-order valence-corrected chi connectivity index (χ3v) is 7.53. The molecule has 0 unspecified atom stereocenters. The van der Waals surface area contributed by atoms with Crippen LogP contribution in [0.5, 0.6) is 0 Å². The Morgan fingerprint density at radius 3 is 2.45 bits per heavy atom. The predicted octanol–water partition coefficient (Wildman–Crippen LogP) is 4.22. The minimum Gasteiger partial charge on any atom is -0.350 e. The zero-order chi connectivity index (χ0) is 23.0. The Bertz CT molecular complexity index is 1120. The minimum absolute atomic E-state index is 0.0921. The molecule has 3 fully saturated rings. The Morgan fingerprint density at radius 2 is 1.82 bits per heavy atom. The third kappa shape index (κ3) is 4.25. The number of amides is 2. The van der Waals surface area contributed by atoms with Crippen LogP contribution < -0.4 is 5.32 Å². The second kappa shape index (κ2) is 8.62. The maximum Gasteiger partial charge on any atom is 0.240 e. The Hall–Kier alpha value is -3.20. The lowest BCUT2D eigenvalue weighted by atomic mass is 9.84. The number of carbonyl (C=O) groups excluding carboxylic acids is 2. The molecular formula is C27H28FN3O2. The SMILES string of the molecule is N#CC1(C(=O)N[C@H]2CCN(C(=O)C3CCC3)[C@H]2Cc2cccc(-c3cccc(F)c3)c2)CC1. The van der Waals surface area contributed by atoms with E-state index in [1.807, 2.05) is 35.2 Å². The Labute approximate surface area is 193 Å². The largest absolute Gasteiger partial charge is 0.350 e. The second-order valence-electron chi connectivity index (χ2n) is 9.70. The fourth-order valence-corrected chi connectivity index (χ4v) is 5.05. The van der Waals surface area contributed by atoms with Gasteiger partial charge in [-0.25, -0.2) is 4.39 Å². The van der Waals surface area contributed by atoms with E-state index in [2.05, 4.69) is 11.4 Å². The number of carbonyl (C=O) groups is 2. The topological polar surface area (TPSA) is 73.2 Å². The molecule has 0 radical (unpaired) electrons. The predicted molar refractivity (Wildman–Crippen MR) is 122 cm³/mol. The molecule has 0 spiro atoms. The van der Waals surface area contributed by atoms with Crippen molar-refractivity contribution in [3.63, 3.8) is 0 Å². The van der Waals surface area contributed by atoms with E-state index in [4.69, 9.17) is 0 Å². The van der Waals surface area contributed by atoms with Crippen LogP contribution in [-0.2, 0) is 16.0 Å². The van der Waals surface area contributed by atoms with Gasteiger partial charge in [0.2, 0.25) is 11.8 Å². The summed E-state index contributed by atoms with van der Waals surface area (Å²) in [5.41, 5.74) is 1.88. The van der Waals surface area contributed by atoms with Gasteiger partial charge >= 0.3 is 0 Å². The number of hydrogen-bond donors (Lipinski definition) is 1. The number of nitrogens with zero attached hydrogens (tertiary/aromatic N) is 2. The fourth-order valence-electron chi connectivity index (χ4n) is 5.05. The average Bonchev–Trinajstić information content (AvgIpc) is 3.50. The van der Waals surface area contributed by atoms with Crippen molar-refractivity contribution in [1.82, 2.24) is 10.2 Å². The van der Waals surface area contributed by atoms with Crippen LogP contribution in [0.1, 0.15) is 44.1 Å². The molecule has 1 N–H and O–H groups in total. The highest BCUT2D eigenvalue weighted by Crippen LogP contribution is 2.45. The van der Waals surface area contributed by atoms with Gasteiger partial charge in [0.1, 0.15) is 11.2 Å². The van der Waals surface area contributed by atoms with Crippen LogP contribution >= 0.6 is 0 Å². The molecule has 5 rings (SSSR count).